The number of amides is 1. The highest BCUT2D eigenvalue weighted by molar-refractivity contribution is 7.87. The number of likely N-dealkylation sites (N-methyl/N-ethyl adjacent to an activating group) is 1. The van der Waals surface area contributed by atoms with Crippen LogP contribution in [0, 0.1) is 0 Å². The quantitative estimate of drug-likeness (QED) is 0.631. The minimum atomic E-state index is -3.77. The molecule has 0 atom stereocenters. The van der Waals surface area contributed by atoms with Gasteiger partial charge in [0.1, 0.15) is 11.6 Å². The maximum Gasteiger partial charge on any atom is 0.329 e. The fourth-order valence-electron chi connectivity index (χ4n) is 3.51. The number of anilines is 1. The van der Waals surface area contributed by atoms with Gasteiger partial charge in [-0.05, 0) is 25.1 Å². The normalized spacial score (nSPS) is 19.9. The Morgan fingerprint density at radius 2 is 1.76 bits per heavy atom. The molecule has 160 valence electrons. The number of rotatable bonds is 7. The van der Waals surface area contributed by atoms with Crippen molar-refractivity contribution in [2.75, 3.05) is 65.4 Å². The van der Waals surface area contributed by atoms with Gasteiger partial charge >= 0.3 is 10.2 Å². The Labute approximate surface area is 172 Å². The summed E-state index contributed by atoms with van der Waals surface area (Å²) >= 11 is 0. The second kappa shape index (κ2) is 8.91. The first-order valence-corrected chi connectivity index (χ1v) is 11.1. The van der Waals surface area contributed by atoms with Gasteiger partial charge in [-0.3, -0.25) is 9.69 Å². The molecular weight excluding hydrogens is 394 g/mol. The van der Waals surface area contributed by atoms with Crippen LogP contribution in [0.1, 0.15) is 6.42 Å². The number of para-hydroxylation sites is 2. The smallest absolute Gasteiger partial charge is 0.329 e. The molecule has 0 spiro atoms. The summed E-state index contributed by atoms with van der Waals surface area (Å²) in [4.78, 5) is 16.5. The van der Waals surface area contributed by atoms with Crippen LogP contribution >= 0.6 is 0 Å². The average Bonchev–Trinajstić information content (AvgIpc) is 2.74. The summed E-state index contributed by atoms with van der Waals surface area (Å²) in [5.41, 5.74) is 1.12. The Kier molecular flexibility index (Phi) is 6.53. The summed E-state index contributed by atoms with van der Waals surface area (Å²) in [6, 6.07) is 8.06. The topological polar surface area (TPSA) is 85.4 Å². The molecule has 0 radical (unpaired) electrons. The maximum absolute atomic E-state index is 12.1. The number of benzene rings is 1. The van der Waals surface area contributed by atoms with E-state index in [-0.39, 0.29) is 0 Å². The number of hydrogen-bond acceptors (Lipinski definition) is 7. The first-order chi connectivity index (χ1) is 13.8. The fraction of sp³-hybridized carbons (Fsp3) is 0.526. The number of ether oxygens (including phenoxy) is 1. The Bertz CT molecular complexity index is 865. The molecular formula is C19H29N5O4S. The molecule has 2 aliphatic rings. The zero-order valence-electron chi connectivity index (χ0n) is 17.2. The molecule has 1 fully saturated rings. The van der Waals surface area contributed by atoms with Crippen molar-refractivity contribution in [2.24, 2.45) is 0 Å². The first kappa shape index (κ1) is 21.3. The van der Waals surface area contributed by atoms with Gasteiger partial charge in [0.25, 0.3) is 5.91 Å². The lowest BCUT2D eigenvalue weighted by Gasteiger charge is -2.36. The van der Waals surface area contributed by atoms with E-state index in [0.717, 1.165) is 59.2 Å². The van der Waals surface area contributed by atoms with Crippen LogP contribution in [0.4, 0.5) is 5.69 Å². The number of carbonyl (C=O) groups excluding carboxylic acids is 1. The third-order valence-electron chi connectivity index (χ3n) is 5.36. The summed E-state index contributed by atoms with van der Waals surface area (Å²) in [6.45, 7) is 5.28. The van der Waals surface area contributed by atoms with Crippen LogP contribution in [0.5, 0.6) is 5.75 Å². The highest BCUT2D eigenvalue weighted by Gasteiger charge is 2.33. The second-order valence-corrected chi connectivity index (χ2v) is 9.08. The standard InChI is InChI=1S/C19H29N5O4S/c1-21-18(15-19(25)22(2)29(21,26)27)20-9-6-10-23-11-13-24(14-12-23)16-7-4-5-8-17(16)28-3/h4-5,7-8,15,20H,6,9-14H2,1-3H3. The summed E-state index contributed by atoms with van der Waals surface area (Å²) in [5.74, 6) is 0.664. The van der Waals surface area contributed by atoms with Crippen LogP contribution < -0.4 is 15.0 Å². The van der Waals surface area contributed by atoms with E-state index in [9.17, 15) is 13.2 Å². The van der Waals surface area contributed by atoms with Gasteiger partial charge in [-0.25, -0.2) is 8.61 Å². The molecule has 10 heteroatoms. The largest absolute Gasteiger partial charge is 0.495 e. The highest BCUT2D eigenvalue weighted by Crippen LogP contribution is 2.28. The number of nitrogens with one attached hydrogen (secondary N) is 1. The predicted molar refractivity (Wildman–Crippen MR) is 112 cm³/mol. The molecule has 0 aromatic heterocycles. The molecule has 29 heavy (non-hydrogen) atoms. The number of carbonyl (C=O) groups is 1. The third kappa shape index (κ3) is 4.59. The van der Waals surface area contributed by atoms with Crippen LogP contribution in [-0.2, 0) is 15.0 Å². The zero-order chi connectivity index (χ0) is 21.0. The number of methoxy groups -OCH3 is 1. The van der Waals surface area contributed by atoms with E-state index >= 15 is 0 Å². The van der Waals surface area contributed by atoms with Gasteiger partial charge in [-0.1, -0.05) is 12.1 Å². The lowest BCUT2D eigenvalue weighted by Crippen LogP contribution is -2.49. The van der Waals surface area contributed by atoms with Gasteiger partial charge in [-0.2, -0.15) is 8.42 Å². The van der Waals surface area contributed by atoms with Crippen molar-refractivity contribution in [1.29, 1.82) is 0 Å². The van der Waals surface area contributed by atoms with Gasteiger partial charge in [-0.15, -0.1) is 0 Å². The fourth-order valence-corrected chi connectivity index (χ4v) is 4.52. The lowest BCUT2D eigenvalue weighted by molar-refractivity contribution is -0.121. The molecule has 1 aromatic rings. The average molecular weight is 424 g/mol. The molecule has 1 aromatic carbocycles. The Morgan fingerprint density at radius 1 is 1.07 bits per heavy atom. The van der Waals surface area contributed by atoms with E-state index in [2.05, 4.69) is 21.2 Å². The van der Waals surface area contributed by atoms with E-state index in [1.165, 1.54) is 20.2 Å². The third-order valence-corrected chi connectivity index (χ3v) is 7.12. The molecule has 9 nitrogen and oxygen atoms in total. The number of nitrogens with zero attached hydrogens (tertiary/aromatic N) is 4. The van der Waals surface area contributed by atoms with E-state index in [1.807, 2.05) is 18.2 Å². The van der Waals surface area contributed by atoms with Crippen LogP contribution in [0.25, 0.3) is 0 Å². The Balaban J connectivity index is 1.44. The minimum Gasteiger partial charge on any atom is -0.495 e. The molecule has 2 heterocycles. The van der Waals surface area contributed by atoms with Crippen LogP contribution in [0.15, 0.2) is 36.2 Å². The molecule has 3 rings (SSSR count). The summed E-state index contributed by atoms with van der Waals surface area (Å²) < 4.78 is 31.6. The summed E-state index contributed by atoms with van der Waals surface area (Å²) in [5, 5.41) is 3.07. The lowest BCUT2D eigenvalue weighted by atomic mass is 10.2. The molecule has 0 saturated carbocycles. The van der Waals surface area contributed by atoms with Gasteiger partial charge in [0.2, 0.25) is 0 Å². The van der Waals surface area contributed by atoms with Crippen molar-refractivity contribution < 1.29 is 17.9 Å². The van der Waals surface area contributed by atoms with E-state index < -0.39 is 16.1 Å². The number of hydrogen-bond donors (Lipinski definition) is 1. The molecule has 2 aliphatic heterocycles. The van der Waals surface area contributed by atoms with Gasteiger partial charge in [0.05, 0.1) is 12.8 Å². The molecule has 1 amide bonds. The van der Waals surface area contributed by atoms with Crippen LogP contribution in [0.2, 0.25) is 0 Å². The van der Waals surface area contributed by atoms with Gasteiger partial charge < -0.3 is 15.0 Å². The molecule has 1 saturated heterocycles. The van der Waals surface area contributed by atoms with E-state index in [1.54, 1.807) is 7.11 Å². The number of piperazine rings is 1. The summed E-state index contributed by atoms with van der Waals surface area (Å²) in [6.07, 6.45) is 2.16. The predicted octanol–water partition coefficient (Wildman–Crippen LogP) is 0.287. The Morgan fingerprint density at radius 3 is 2.45 bits per heavy atom. The second-order valence-electron chi connectivity index (χ2n) is 7.09. The van der Waals surface area contributed by atoms with Crippen molar-refractivity contribution in [3.63, 3.8) is 0 Å². The molecule has 0 aliphatic carbocycles. The van der Waals surface area contributed by atoms with Crippen molar-refractivity contribution in [1.82, 2.24) is 18.8 Å². The maximum atomic E-state index is 12.1. The zero-order valence-corrected chi connectivity index (χ0v) is 18.0. The van der Waals surface area contributed by atoms with Crippen molar-refractivity contribution >= 4 is 21.8 Å². The highest BCUT2D eigenvalue weighted by atomic mass is 32.2. The molecule has 0 bridgehead atoms. The summed E-state index contributed by atoms with van der Waals surface area (Å²) in [7, 11) is 0.613. The monoisotopic (exact) mass is 423 g/mol. The molecule has 1 N–H and O–H groups in total. The van der Waals surface area contributed by atoms with Crippen molar-refractivity contribution in [3.8, 4) is 5.75 Å². The van der Waals surface area contributed by atoms with Crippen molar-refractivity contribution in [3.05, 3.63) is 36.2 Å². The van der Waals surface area contributed by atoms with Crippen molar-refractivity contribution in [2.45, 2.75) is 6.42 Å². The molecule has 0 unspecified atom stereocenters. The van der Waals surface area contributed by atoms with E-state index in [0.29, 0.717) is 12.4 Å². The first-order valence-electron chi connectivity index (χ1n) is 9.67. The SMILES string of the molecule is COc1ccccc1N1CCN(CCCNC2=CC(=O)N(C)S(=O)(=O)N2C)CC1. The van der Waals surface area contributed by atoms with Gasteiger partial charge in [0.15, 0.2) is 0 Å². The minimum absolute atomic E-state index is 0.314. The Hall–Kier alpha value is -2.46. The van der Waals surface area contributed by atoms with Crippen LogP contribution in [0.3, 0.4) is 0 Å². The van der Waals surface area contributed by atoms with Gasteiger partial charge in [0, 0.05) is 52.9 Å². The van der Waals surface area contributed by atoms with E-state index in [4.69, 9.17) is 4.74 Å². The van der Waals surface area contributed by atoms with Crippen LogP contribution in [-0.4, -0.2) is 88.3 Å².